The first-order valence-electron chi connectivity index (χ1n) is 9.20. The molecule has 2 N–H and O–H groups in total. The fourth-order valence-corrected chi connectivity index (χ4v) is 7.50. The molecular formula is C20H32O2. The van der Waals surface area contributed by atoms with E-state index < -0.39 is 12.2 Å². The van der Waals surface area contributed by atoms with Gasteiger partial charge in [0.2, 0.25) is 0 Å². The maximum absolute atomic E-state index is 10.6. The van der Waals surface area contributed by atoms with Crippen LogP contribution in [0.1, 0.15) is 66.2 Å². The SMILES string of the molecule is CC1(C)[C@@H](O)[C@@H](O)C[C@@]2(C)[C@H]1CC[C@@]13C=C[C@@](C)(CC[C@@H]12)C3. The van der Waals surface area contributed by atoms with Crippen LogP contribution < -0.4 is 0 Å². The number of allylic oxidation sites excluding steroid dienone is 2. The van der Waals surface area contributed by atoms with Crippen LogP contribution in [0, 0.1) is 33.5 Å². The van der Waals surface area contributed by atoms with Gasteiger partial charge in [0.15, 0.2) is 0 Å². The standard InChI is InChI=1S/C20H32O2/c1-17(2)14-6-8-20-10-9-18(3,12-20)7-5-15(20)19(14,4)11-13(21)16(17)22/h9-10,13-16,21-22H,5-8,11-12H2,1-4H3/t13-,14-,15+,16-,18+,19-,20-/m0/s1. The summed E-state index contributed by atoms with van der Waals surface area (Å²) in [4.78, 5) is 0. The van der Waals surface area contributed by atoms with E-state index in [1.54, 1.807) is 0 Å². The van der Waals surface area contributed by atoms with Gasteiger partial charge >= 0.3 is 0 Å². The zero-order chi connectivity index (χ0) is 16.0. The second-order valence-corrected chi connectivity index (χ2v) is 10.1. The zero-order valence-corrected chi connectivity index (χ0v) is 14.6. The van der Waals surface area contributed by atoms with Crippen molar-refractivity contribution in [3.05, 3.63) is 12.2 Å². The molecule has 3 fully saturated rings. The highest BCUT2D eigenvalue weighted by atomic mass is 16.3. The minimum absolute atomic E-state index is 0.163. The molecule has 0 radical (unpaired) electrons. The van der Waals surface area contributed by atoms with Crippen LogP contribution in [-0.4, -0.2) is 22.4 Å². The van der Waals surface area contributed by atoms with E-state index >= 15 is 0 Å². The summed E-state index contributed by atoms with van der Waals surface area (Å²) in [5.41, 5.74) is 0.770. The molecule has 0 saturated heterocycles. The second kappa shape index (κ2) is 4.19. The molecule has 22 heavy (non-hydrogen) atoms. The fourth-order valence-electron chi connectivity index (χ4n) is 7.50. The number of hydrogen-bond acceptors (Lipinski definition) is 2. The lowest BCUT2D eigenvalue weighted by Gasteiger charge is -2.66. The van der Waals surface area contributed by atoms with Crippen LogP contribution in [0.5, 0.6) is 0 Å². The molecule has 0 aromatic rings. The summed E-state index contributed by atoms with van der Waals surface area (Å²) in [6.45, 7) is 9.21. The van der Waals surface area contributed by atoms with Gasteiger partial charge in [0.1, 0.15) is 0 Å². The highest BCUT2D eigenvalue weighted by molar-refractivity contribution is 5.25. The van der Waals surface area contributed by atoms with Gasteiger partial charge in [-0.05, 0) is 72.0 Å². The predicted molar refractivity (Wildman–Crippen MR) is 88.3 cm³/mol. The summed E-state index contributed by atoms with van der Waals surface area (Å²) < 4.78 is 0. The van der Waals surface area contributed by atoms with Gasteiger partial charge in [-0.3, -0.25) is 0 Å². The fraction of sp³-hybridized carbons (Fsp3) is 0.900. The Balaban J connectivity index is 1.76. The maximum Gasteiger partial charge on any atom is 0.0852 e. The number of fused-ring (bicyclic) bond motifs is 3. The lowest BCUT2D eigenvalue weighted by molar-refractivity contribution is -0.214. The van der Waals surface area contributed by atoms with E-state index in [1.807, 2.05) is 0 Å². The van der Waals surface area contributed by atoms with Crippen LogP contribution >= 0.6 is 0 Å². The molecule has 0 heterocycles. The van der Waals surface area contributed by atoms with E-state index in [1.165, 1.54) is 32.1 Å². The first kappa shape index (κ1) is 15.2. The Kier molecular flexibility index (Phi) is 2.89. The molecule has 4 aliphatic rings. The van der Waals surface area contributed by atoms with Crippen LogP contribution in [0.15, 0.2) is 12.2 Å². The summed E-state index contributed by atoms with van der Waals surface area (Å²) in [7, 11) is 0. The Hall–Kier alpha value is -0.340. The van der Waals surface area contributed by atoms with Crippen LogP contribution in [-0.2, 0) is 0 Å². The quantitative estimate of drug-likeness (QED) is 0.666. The number of aliphatic hydroxyl groups is 2. The molecule has 0 aromatic heterocycles. The van der Waals surface area contributed by atoms with Gasteiger partial charge in [-0.2, -0.15) is 0 Å². The number of rotatable bonds is 0. The highest BCUT2D eigenvalue weighted by Gasteiger charge is 2.65. The Morgan fingerprint density at radius 1 is 0.909 bits per heavy atom. The molecule has 0 amide bonds. The van der Waals surface area contributed by atoms with Gasteiger partial charge in [-0.25, -0.2) is 0 Å². The minimum Gasteiger partial charge on any atom is -0.390 e. The third-order valence-corrected chi connectivity index (χ3v) is 8.41. The van der Waals surface area contributed by atoms with E-state index in [2.05, 4.69) is 39.8 Å². The second-order valence-electron chi connectivity index (χ2n) is 10.1. The molecule has 2 nitrogen and oxygen atoms in total. The third-order valence-electron chi connectivity index (χ3n) is 8.41. The smallest absolute Gasteiger partial charge is 0.0852 e. The summed E-state index contributed by atoms with van der Waals surface area (Å²) in [5.74, 6) is 1.19. The van der Waals surface area contributed by atoms with Crippen LogP contribution in [0.2, 0.25) is 0 Å². The van der Waals surface area contributed by atoms with Gasteiger partial charge in [0, 0.05) is 0 Å². The molecule has 4 rings (SSSR count). The van der Waals surface area contributed by atoms with Crippen molar-refractivity contribution in [3.63, 3.8) is 0 Å². The van der Waals surface area contributed by atoms with Crippen molar-refractivity contribution in [1.29, 1.82) is 0 Å². The van der Waals surface area contributed by atoms with Gasteiger partial charge in [-0.15, -0.1) is 0 Å². The molecular weight excluding hydrogens is 272 g/mol. The van der Waals surface area contributed by atoms with Crippen molar-refractivity contribution < 1.29 is 10.2 Å². The van der Waals surface area contributed by atoms with E-state index in [9.17, 15) is 10.2 Å². The highest BCUT2D eigenvalue weighted by Crippen LogP contribution is 2.71. The number of hydrogen-bond donors (Lipinski definition) is 2. The van der Waals surface area contributed by atoms with Gasteiger partial charge < -0.3 is 10.2 Å². The Morgan fingerprint density at radius 2 is 1.59 bits per heavy atom. The summed E-state index contributed by atoms with van der Waals surface area (Å²) in [6, 6.07) is 0. The van der Waals surface area contributed by atoms with Crippen molar-refractivity contribution in [2.24, 2.45) is 33.5 Å². The molecule has 4 aliphatic carbocycles. The average Bonchev–Trinajstić information content (AvgIpc) is 2.66. The molecule has 2 bridgehead atoms. The maximum atomic E-state index is 10.6. The zero-order valence-electron chi connectivity index (χ0n) is 14.6. The Morgan fingerprint density at radius 3 is 2.32 bits per heavy atom. The largest absolute Gasteiger partial charge is 0.390 e. The molecule has 3 saturated carbocycles. The molecule has 124 valence electrons. The van der Waals surface area contributed by atoms with Gasteiger partial charge in [0.25, 0.3) is 0 Å². The minimum atomic E-state index is -0.576. The van der Waals surface area contributed by atoms with Crippen molar-refractivity contribution in [2.75, 3.05) is 0 Å². The topological polar surface area (TPSA) is 40.5 Å². The van der Waals surface area contributed by atoms with Gasteiger partial charge in [-0.1, -0.05) is 39.8 Å². The van der Waals surface area contributed by atoms with Crippen LogP contribution in [0.4, 0.5) is 0 Å². The van der Waals surface area contributed by atoms with E-state index in [0.717, 1.165) is 6.42 Å². The molecule has 7 atom stereocenters. The first-order valence-corrected chi connectivity index (χ1v) is 9.20. The molecule has 1 spiro atoms. The van der Waals surface area contributed by atoms with E-state index in [4.69, 9.17) is 0 Å². The number of aliphatic hydroxyl groups excluding tert-OH is 2. The summed E-state index contributed by atoms with van der Waals surface area (Å²) >= 11 is 0. The van der Waals surface area contributed by atoms with E-state index in [-0.39, 0.29) is 10.8 Å². The summed E-state index contributed by atoms with van der Waals surface area (Å²) in [5, 5.41) is 21.1. The van der Waals surface area contributed by atoms with Crippen LogP contribution in [0.3, 0.4) is 0 Å². The first-order chi connectivity index (χ1) is 10.1. The summed E-state index contributed by atoms with van der Waals surface area (Å²) in [6.07, 6.45) is 11.0. The molecule has 2 heteroatoms. The predicted octanol–water partition coefficient (Wildman–Crippen LogP) is 3.92. The van der Waals surface area contributed by atoms with Crippen molar-refractivity contribution in [2.45, 2.75) is 78.4 Å². The Labute approximate surface area is 135 Å². The lowest BCUT2D eigenvalue weighted by atomic mass is 9.40. The average molecular weight is 304 g/mol. The molecule has 0 aromatic carbocycles. The Bertz CT molecular complexity index is 524. The monoisotopic (exact) mass is 304 g/mol. The van der Waals surface area contributed by atoms with Crippen LogP contribution in [0.25, 0.3) is 0 Å². The van der Waals surface area contributed by atoms with Gasteiger partial charge in [0.05, 0.1) is 12.2 Å². The van der Waals surface area contributed by atoms with Crippen molar-refractivity contribution in [1.82, 2.24) is 0 Å². The third kappa shape index (κ3) is 1.69. The lowest BCUT2D eigenvalue weighted by Crippen LogP contribution is -2.63. The molecule has 0 aliphatic heterocycles. The van der Waals surface area contributed by atoms with Crippen molar-refractivity contribution >= 4 is 0 Å². The molecule has 0 unspecified atom stereocenters. The normalized spacial score (nSPS) is 59.0. The van der Waals surface area contributed by atoms with Crippen molar-refractivity contribution in [3.8, 4) is 0 Å². The van der Waals surface area contributed by atoms with E-state index in [0.29, 0.717) is 22.7 Å².